The summed E-state index contributed by atoms with van der Waals surface area (Å²) in [5, 5.41) is 0. The first-order valence-corrected chi connectivity index (χ1v) is 8.32. The van der Waals surface area contributed by atoms with Crippen LogP contribution < -0.4 is 0 Å². The van der Waals surface area contributed by atoms with E-state index in [1.807, 2.05) is 18.3 Å². The lowest BCUT2D eigenvalue weighted by molar-refractivity contribution is 0.624. The zero-order chi connectivity index (χ0) is 15.5. The second-order valence-electron chi connectivity index (χ2n) is 5.98. The van der Waals surface area contributed by atoms with Gasteiger partial charge in [-0.1, -0.05) is 31.1 Å². The number of halogens is 1. The molecule has 1 aliphatic carbocycles. The number of imidazole rings is 1. The number of hydrogen-bond donors (Lipinski definition) is 2. The molecule has 22 heavy (non-hydrogen) atoms. The second kappa shape index (κ2) is 6.61. The van der Waals surface area contributed by atoms with Gasteiger partial charge in [-0.15, -0.1) is 0 Å². The topological polar surface area (TPSA) is 31.6 Å². The van der Waals surface area contributed by atoms with Gasteiger partial charge >= 0.3 is 0 Å². The van der Waals surface area contributed by atoms with Gasteiger partial charge in [0.25, 0.3) is 0 Å². The lowest BCUT2D eigenvalue weighted by Crippen LogP contribution is -2.04. The van der Waals surface area contributed by atoms with E-state index < -0.39 is 0 Å². The lowest BCUT2D eigenvalue weighted by atomic mass is 9.89. The predicted molar refractivity (Wildman–Crippen MR) is 90.6 cm³/mol. The van der Waals surface area contributed by atoms with E-state index >= 15 is 0 Å². The molecule has 0 saturated heterocycles. The first kappa shape index (κ1) is 15.2. The Balaban J connectivity index is 1.92. The zero-order valence-corrected chi connectivity index (χ0v) is 13.6. The van der Waals surface area contributed by atoms with Crippen LogP contribution in [0.25, 0.3) is 5.57 Å². The van der Waals surface area contributed by atoms with Gasteiger partial charge in [0.1, 0.15) is 5.82 Å². The van der Waals surface area contributed by atoms with Crippen molar-refractivity contribution in [2.24, 2.45) is 5.92 Å². The highest BCUT2D eigenvalue weighted by Gasteiger charge is 2.26. The molecule has 1 aromatic heterocycles. The number of hydrogen-bond acceptors (Lipinski definition) is 1. The van der Waals surface area contributed by atoms with Gasteiger partial charge in [-0.25, -0.2) is 4.39 Å². The molecule has 1 unspecified atom stereocenters. The predicted octanol–water partition coefficient (Wildman–Crippen LogP) is 5.42. The van der Waals surface area contributed by atoms with Crippen molar-refractivity contribution >= 4 is 17.8 Å². The normalized spacial score (nSPS) is 18.2. The van der Waals surface area contributed by atoms with Crippen molar-refractivity contribution < 1.29 is 4.39 Å². The number of allylic oxidation sites excluding steroid dienone is 2. The summed E-state index contributed by atoms with van der Waals surface area (Å²) in [6.45, 7) is 2.21. The fourth-order valence-electron chi connectivity index (χ4n) is 3.50. The van der Waals surface area contributed by atoms with E-state index in [0.717, 1.165) is 37.8 Å². The number of H-pyrrole nitrogens is 2. The Morgan fingerprint density at radius 1 is 1.27 bits per heavy atom. The molecule has 0 amide bonds. The smallest absolute Gasteiger partial charge is 0.174 e. The average molecular weight is 316 g/mol. The summed E-state index contributed by atoms with van der Waals surface area (Å²) >= 11 is 5.11. The van der Waals surface area contributed by atoms with Crippen LogP contribution in [-0.2, 0) is 6.42 Å². The van der Waals surface area contributed by atoms with E-state index in [4.69, 9.17) is 12.2 Å². The average Bonchev–Trinajstić information content (AvgIpc) is 3.08. The fraction of sp³-hybridized carbons (Fsp3) is 0.389. The molecule has 1 aromatic carbocycles. The number of aromatic amines is 2. The van der Waals surface area contributed by atoms with Crippen molar-refractivity contribution in [2.45, 2.75) is 39.0 Å². The van der Waals surface area contributed by atoms with Gasteiger partial charge in [-0.05, 0) is 67.1 Å². The molecule has 1 aliphatic rings. The Labute approximate surface area is 135 Å². The molecule has 1 heterocycles. The first-order valence-electron chi connectivity index (χ1n) is 7.91. The maximum absolute atomic E-state index is 13.2. The highest BCUT2D eigenvalue weighted by molar-refractivity contribution is 7.71. The number of nitrogens with one attached hydrogen (secondary N) is 2. The molecule has 0 fully saturated rings. The number of aromatic nitrogens is 2. The van der Waals surface area contributed by atoms with Crippen LogP contribution >= 0.6 is 12.2 Å². The van der Waals surface area contributed by atoms with Gasteiger partial charge in [-0.2, -0.15) is 0 Å². The van der Waals surface area contributed by atoms with E-state index in [9.17, 15) is 4.39 Å². The highest BCUT2D eigenvalue weighted by Crippen LogP contribution is 2.42. The summed E-state index contributed by atoms with van der Waals surface area (Å²) in [5.74, 6) is 0.305. The van der Waals surface area contributed by atoms with E-state index in [0.29, 0.717) is 10.7 Å². The molecular weight excluding hydrogens is 295 g/mol. The van der Waals surface area contributed by atoms with Crippen LogP contribution in [0.2, 0.25) is 0 Å². The van der Waals surface area contributed by atoms with Gasteiger partial charge in [-0.3, -0.25) is 0 Å². The molecule has 0 saturated carbocycles. The molecule has 0 bridgehead atoms. The Hall–Kier alpha value is -1.68. The van der Waals surface area contributed by atoms with Crippen LogP contribution in [0.15, 0.2) is 36.0 Å². The maximum Gasteiger partial charge on any atom is 0.174 e. The van der Waals surface area contributed by atoms with Crippen molar-refractivity contribution in [1.29, 1.82) is 0 Å². The third-order valence-corrected chi connectivity index (χ3v) is 4.63. The van der Waals surface area contributed by atoms with Gasteiger partial charge in [0.15, 0.2) is 4.77 Å². The monoisotopic (exact) mass is 316 g/mol. The van der Waals surface area contributed by atoms with Crippen LogP contribution in [0.4, 0.5) is 4.39 Å². The first-order chi connectivity index (χ1) is 10.7. The molecule has 2 nitrogen and oxygen atoms in total. The van der Waals surface area contributed by atoms with Gasteiger partial charge in [0.05, 0.1) is 0 Å². The molecule has 1 atom stereocenters. The Morgan fingerprint density at radius 2 is 2.05 bits per heavy atom. The van der Waals surface area contributed by atoms with Crippen LogP contribution in [0.3, 0.4) is 0 Å². The van der Waals surface area contributed by atoms with Gasteiger partial charge in [0.2, 0.25) is 0 Å². The van der Waals surface area contributed by atoms with Crippen molar-refractivity contribution in [3.05, 3.63) is 57.9 Å². The lowest BCUT2D eigenvalue weighted by Gasteiger charge is -2.16. The van der Waals surface area contributed by atoms with E-state index in [1.165, 1.54) is 16.7 Å². The zero-order valence-electron chi connectivity index (χ0n) is 12.8. The van der Waals surface area contributed by atoms with Crippen LogP contribution in [-0.4, -0.2) is 9.97 Å². The van der Waals surface area contributed by atoms with E-state index in [2.05, 4.69) is 16.9 Å². The molecule has 3 rings (SSSR count). The third kappa shape index (κ3) is 3.22. The van der Waals surface area contributed by atoms with E-state index in [1.54, 1.807) is 12.1 Å². The van der Waals surface area contributed by atoms with Crippen LogP contribution in [0.5, 0.6) is 0 Å². The van der Waals surface area contributed by atoms with Crippen molar-refractivity contribution in [2.75, 3.05) is 0 Å². The summed E-state index contributed by atoms with van der Waals surface area (Å²) in [6, 6.07) is 6.95. The van der Waals surface area contributed by atoms with Crippen molar-refractivity contribution in [3.63, 3.8) is 0 Å². The third-order valence-electron chi connectivity index (χ3n) is 4.41. The largest absolute Gasteiger partial charge is 0.337 e. The molecule has 2 N–H and O–H groups in total. The standard InChI is InChI=1S/C18H21FN2S/c1-2-3-12-4-5-14(10-16-11-20-18(22)21-16)17(12)13-6-8-15(19)9-7-13/h6-9,11,14H,2-5,10H2,1H3,(H2,20,21,22). The van der Waals surface area contributed by atoms with Crippen LogP contribution in [0.1, 0.15) is 43.9 Å². The Morgan fingerprint density at radius 3 is 2.68 bits per heavy atom. The van der Waals surface area contributed by atoms with E-state index in [-0.39, 0.29) is 5.82 Å². The molecule has 4 heteroatoms. The maximum atomic E-state index is 13.2. The Kier molecular flexibility index (Phi) is 4.57. The summed E-state index contributed by atoms with van der Waals surface area (Å²) in [5.41, 5.74) is 5.27. The van der Waals surface area contributed by atoms with Gasteiger partial charge in [0, 0.05) is 11.9 Å². The molecule has 2 aromatic rings. The SMILES string of the molecule is CCCC1=C(c2ccc(F)cc2)C(Cc2c[nH]c(=S)[nH]2)CC1. The summed E-state index contributed by atoms with van der Waals surface area (Å²) in [6.07, 6.45) is 7.51. The summed E-state index contributed by atoms with van der Waals surface area (Å²) < 4.78 is 13.9. The molecule has 0 spiro atoms. The quantitative estimate of drug-likeness (QED) is 0.709. The minimum absolute atomic E-state index is 0.175. The molecule has 116 valence electrons. The number of rotatable bonds is 5. The Bertz CT molecular complexity index is 724. The second-order valence-corrected chi connectivity index (χ2v) is 6.39. The fourth-order valence-corrected chi connectivity index (χ4v) is 3.69. The van der Waals surface area contributed by atoms with Crippen molar-refractivity contribution in [1.82, 2.24) is 9.97 Å². The minimum Gasteiger partial charge on any atom is -0.337 e. The van der Waals surface area contributed by atoms with Crippen molar-refractivity contribution in [3.8, 4) is 0 Å². The molecule has 0 aliphatic heterocycles. The molecular formula is C18H21FN2S. The molecule has 0 radical (unpaired) electrons. The van der Waals surface area contributed by atoms with Gasteiger partial charge < -0.3 is 9.97 Å². The summed E-state index contributed by atoms with van der Waals surface area (Å²) in [7, 11) is 0. The number of benzene rings is 1. The summed E-state index contributed by atoms with van der Waals surface area (Å²) in [4.78, 5) is 6.24. The highest BCUT2D eigenvalue weighted by atomic mass is 32.1. The van der Waals surface area contributed by atoms with Crippen LogP contribution in [0, 0.1) is 16.5 Å². The minimum atomic E-state index is -0.175.